The predicted molar refractivity (Wildman–Crippen MR) is 79.5 cm³/mol. The second kappa shape index (κ2) is 6.85. The van der Waals surface area contributed by atoms with Crippen LogP contribution in [0.5, 0.6) is 5.75 Å². The molecule has 108 valence electrons. The summed E-state index contributed by atoms with van der Waals surface area (Å²) in [5, 5.41) is 3.82. The maximum Gasteiger partial charge on any atom is 0.264 e. The Hall–Kier alpha value is -1.40. The number of aryl methyl sites for hydroxylation is 1. The van der Waals surface area contributed by atoms with Gasteiger partial charge in [-0.1, -0.05) is 18.1 Å². The second-order valence-electron chi connectivity index (χ2n) is 4.69. The van der Waals surface area contributed by atoms with E-state index in [1.807, 2.05) is 32.0 Å². The van der Waals surface area contributed by atoms with Crippen LogP contribution in [-0.4, -0.2) is 16.2 Å². The third-order valence-corrected chi connectivity index (χ3v) is 3.35. The largest absolute Gasteiger partial charge is 0.483 e. The first-order chi connectivity index (χ1) is 9.58. The number of ether oxygens (including phenoxy) is 1. The summed E-state index contributed by atoms with van der Waals surface area (Å²) in [4.78, 5) is 4.20. The zero-order valence-corrected chi connectivity index (χ0v) is 13.2. The number of nitrogens with two attached hydrogens (primary N) is 1. The van der Waals surface area contributed by atoms with E-state index >= 15 is 0 Å². The van der Waals surface area contributed by atoms with Crippen molar-refractivity contribution < 1.29 is 9.26 Å². The lowest BCUT2D eigenvalue weighted by molar-refractivity contribution is 0.241. The van der Waals surface area contributed by atoms with Crippen molar-refractivity contribution in [1.82, 2.24) is 10.1 Å². The lowest BCUT2D eigenvalue weighted by atomic mass is 10.1. The Bertz CT molecular complexity index is 569. The maximum absolute atomic E-state index is 5.79. The lowest BCUT2D eigenvalue weighted by Crippen LogP contribution is -2.17. The molecule has 0 aliphatic rings. The fourth-order valence-electron chi connectivity index (χ4n) is 1.79. The van der Waals surface area contributed by atoms with Crippen LogP contribution in [0.25, 0.3) is 0 Å². The van der Waals surface area contributed by atoms with Crippen molar-refractivity contribution in [2.45, 2.75) is 39.3 Å². The van der Waals surface area contributed by atoms with Gasteiger partial charge in [-0.15, -0.1) is 0 Å². The summed E-state index contributed by atoms with van der Waals surface area (Å²) in [5.74, 6) is 1.91. The Morgan fingerprint density at radius 1 is 1.45 bits per heavy atom. The Balaban J connectivity index is 1.99. The van der Waals surface area contributed by atoms with Crippen LogP contribution < -0.4 is 10.5 Å². The Labute approximate surface area is 126 Å². The van der Waals surface area contributed by atoms with E-state index in [2.05, 4.69) is 26.1 Å². The van der Waals surface area contributed by atoms with Gasteiger partial charge in [0.15, 0.2) is 12.4 Å². The van der Waals surface area contributed by atoms with Crippen LogP contribution in [0.15, 0.2) is 27.2 Å². The van der Waals surface area contributed by atoms with Gasteiger partial charge in [0, 0.05) is 12.5 Å². The van der Waals surface area contributed by atoms with Crippen LogP contribution in [0.4, 0.5) is 0 Å². The minimum absolute atomic E-state index is 0.138. The van der Waals surface area contributed by atoms with Crippen LogP contribution in [0.2, 0.25) is 0 Å². The highest BCUT2D eigenvalue weighted by Crippen LogP contribution is 2.27. The molecular weight excluding hydrogens is 322 g/mol. The molecule has 0 bridgehead atoms. The third kappa shape index (κ3) is 4.05. The van der Waals surface area contributed by atoms with Crippen molar-refractivity contribution in [3.05, 3.63) is 40.0 Å². The monoisotopic (exact) mass is 339 g/mol. The van der Waals surface area contributed by atoms with Gasteiger partial charge in [-0.25, -0.2) is 0 Å². The zero-order chi connectivity index (χ0) is 14.5. The molecule has 0 aliphatic heterocycles. The smallest absolute Gasteiger partial charge is 0.264 e. The molecule has 2 aromatic rings. The number of aromatic nitrogens is 2. The summed E-state index contributed by atoms with van der Waals surface area (Å²) in [6.07, 6.45) is 1.58. The van der Waals surface area contributed by atoms with E-state index in [9.17, 15) is 0 Å². The fourth-order valence-corrected chi connectivity index (χ4v) is 2.33. The van der Waals surface area contributed by atoms with E-state index in [0.717, 1.165) is 23.1 Å². The first-order valence-corrected chi connectivity index (χ1v) is 7.36. The molecule has 0 saturated heterocycles. The lowest BCUT2D eigenvalue weighted by Gasteiger charge is -2.09. The molecular formula is C14H18BrN3O2. The average Bonchev–Trinajstić information content (AvgIpc) is 2.85. The van der Waals surface area contributed by atoms with Gasteiger partial charge in [-0.05, 0) is 47.0 Å². The number of nitrogens with zero attached hydrogens (tertiary/aromatic N) is 2. The fraction of sp³-hybridized carbons (Fsp3) is 0.429. The van der Waals surface area contributed by atoms with Crippen molar-refractivity contribution in [3.8, 4) is 5.75 Å². The van der Waals surface area contributed by atoms with Crippen LogP contribution in [0, 0.1) is 0 Å². The number of rotatable bonds is 6. The molecule has 0 radical (unpaired) electrons. The highest BCUT2D eigenvalue weighted by molar-refractivity contribution is 9.10. The summed E-state index contributed by atoms with van der Waals surface area (Å²) < 4.78 is 11.6. The van der Waals surface area contributed by atoms with Gasteiger partial charge < -0.3 is 15.0 Å². The molecule has 2 rings (SSSR count). The molecule has 1 unspecified atom stereocenters. The van der Waals surface area contributed by atoms with Crippen LogP contribution in [0.3, 0.4) is 0 Å². The predicted octanol–water partition coefficient (Wildman–Crippen LogP) is 2.86. The summed E-state index contributed by atoms with van der Waals surface area (Å²) in [7, 11) is 0. The minimum Gasteiger partial charge on any atom is -0.483 e. The van der Waals surface area contributed by atoms with Crippen molar-refractivity contribution in [1.29, 1.82) is 0 Å². The topological polar surface area (TPSA) is 74.2 Å². The molecule has 0 saturated carbocycles. The maximum atomic E-state index is 5.79. The third-order valence-electron chi connectivity index (χ3n) is 2.73. The number of hydrogen-bond acceptors (Lipinski definition) is 5. The molecule has 1 aromatic carbocycles. The van der Waals surface area contributed by atoms with Crippen molar-refractivity contribution >= 4 is 15.9 Å². The molecule has 0 amide bonds. The highest BCUT2D eigenvalue weighted by Gasteiger charge is 2.08. The van der Waals surface area contributed by atoms with Gasteiger partial charge in [0.1, 0.15) is 5.75 Å². The number of halogens is 1. The Kier molecular flexibility index (Phi) is 5.14. The molecule has 0 spiro atoms. The second-order valence-corrected chi connectivity index (χ2v) is 5.55. The molecule has 1 heterocycles. The summed E-state index contributed by atoms with van der Waals surface area (Å²) in [5.41, 5.74) is 6.96. The Morgan fingerprint density at radius 2 is 2.25 bits per heavy atom. The standard InChI is InChI=1S/C14H18BrN3O2/c1-3-13-17-14(20-18-13)8-19-12-5-4-10(6-9(2)16)7-11(12)15/h4-5,7,9H,3,6,8,16H2,1-2H3. The van der Waals surface area contributed by atoms with Gasteiger partial charge in [0.2, 0.25) is 0 Å². The number of hydrogen-bond donors (Lipinski definition) is 1. The van der Waals surface area contributed by atoms with E-state index in [1.165, 1.54) is 5.56 Å². The van der Waals surface area contributed by atoms with E-state index in [4.69, 9.17) is 15.0 Å². The quantitative estimate of drug-likeness (QED) is 0.875. The van der Waals surface area contributed by atoms with Crippen molar-refractivity contribution in [2.24, 2.45) is 5.73 Å². The van der Waals surface area contributed by atoms with Gasteiger partial charge in [0.05, 0.1) is 4.47 Å². The molecule has 20 heavy (non-hydrogen) atoms. The normalized spacial score (nSPS) is 12.4. The Morgan fingerprint density at radius 3 is 2.85 bits per heavy atom. The van der Waals surface area contributed by atoms with Crippen LogP contribution in [0.1, 0.15) is 31.1 Å². The van der Waals surface area contributed by atoms with Gasteiger partial charge >= 0.3 is 0 Å². The van der Waals surface area contributed by atoms with Crippen molar-refractivity contribution in [3.63, 3.8) is 0 Å². The molecule has 1 aromatic heterocycles. The molecule has 5 nitrogen and oxygen atoms in total. The van der Waals surface area contributed by atoms with Gasteiger partial charge in [-0.3, -0.25) is 0 Å². The summed E-state index contributed by atoms with van der Waals surface area (Å²) in [6.45, 7) is 4.22. The van der Waals surface area contributed by atoms with E-state index < -0.39 is 0 Å². The average molecular weight is 340 g/mol. The number of benzene rings is 1. The molecule has 0 aliphatic carbocycles. The van der Waals surface area contributed by atoms with Crippen LogP contribution in [-0.2, 0) is 19.4 Å². The summed E-state index contributed by atoms with van der Waals surface area (Å²) >= 11 is 3.50. The molecule has 2 N–H and O–H groups in total. The molecule has 6 heteroatoms. The first kappa shape index (κ1) is 15.0. The van der Waals surface area contributed by atoms with Crippen molar-refractivity contribution in [2.75, 3.05) is 0 Å². The van der Waals surface area contributed by atoms with Gasteiger partial charge in [-0.2, -0.15) is 4.98 Å². The molecule has 0 fully saturated rings. The van der Waals surface area contributed by atoms with E-state index in [1.54, 1.807) is 0 Å². The highest BCUT2D eigenvalue weighted by atomic mass is 79.9. The molecule has 1 atom stereocenters. The first-order valence-electron chi connectivity index (χ1n) is 6.56. The zero-order valence-electron chi connectivity index (χ0n) is 11.6. The SMILES string of the molecule is CCc1noc(COc2ccc(CC(C)N)cc2Br)n1. The van der Waals surface area contributed by atoms with Crippen LogP contribution >= 0.6 is 15.9 Å². The summed E-state index contributed by atoms with van der Waals surface area (Å²) in [6, 6.07) is 6.08. The van der Waals surface area contributed by atoms with Gasteiger partial charge in [0.25, 0.3) is 5.89 Å². The van der Waals surface area contributed by atoms with E-state index in [0.29, 0.717) is 11.7 Å². The minimum atomic E-state index is 0.138. The van der Waals surface area contributed by atoms with E-state index in [-0.39, 0.29) is 12.6 Å².